The highest BCUT2D eigenvalue weighted by atomic mass is 35.5. The predicted molar refractivity (Wildman–Crippen MR) is 116 cm³/mol. The van der Waals surface area contributed by atoms with Crippen molar-refractivity contribution in [2.45, 2.75) is 26.3 Å². The second kappa shape index (κ2) is 7.76. The Hall–Kier alpha value is -3.05. The number of benzene rings is 2. The first kappa shape index (κ1) is 19.3. The highest BCUT2D eigenvalue weighted by molar-refractivity contribution is 6.30. The fourth-order valence-electron chi connectivity index (χ4n) is 3.87. The van der Waals surface area contributed by atoms with Crippen molar-refractivity contribution >= 4 is 29.0 Å². The van der Waals surface area contributed by atoms with Gasteiger partial charge in [0.2, 0.25) is 0 Å². The predicted octanol–water partition coefficient (Wildman–Crippen LogP) is 5.43. The Morgan fingerprint density at radius 1 is 1.14 bits per heavy atom. The molecular formula is C23H22ClN3O2. The fraction of sp³-hybridized carbons (Fsp3) is 0.217. The zero-order valence-electron chi connectivity index (χ0n) is 16.6. The van der Waals surface area contributed by atoms with Crippen LogP contribution in [0.15, 0.2) is 59.7 Å². The van der Waals surface area contributed by atoms with E-state index in [1.807, 2.05) is 73.5 Å². The van der Waals surface area contributed by atoms with E-state index >= 15 is 0 Å². The maximum atomic E-state index is 12.2. The van der Waals surface area contributed by atoms with E-state index in [9.17, 15) is 4.79 Å². The van der Waals surface area contributed by atoms with Crippen LogP contribution in [0.3, 0.4) is 0 Å². The molecule has 0 radical (unpaired) electrons. The van der Waals surface area contributed by atoms with Crippen LogP contribution in [0.25, 0.3) is 0 Å². The van der Waals surface area contributed by atoms with Gasteiger partial charge in [-0.05, 0) is 49.2 Å². The number of rotatable bonds is 4. The Kier molecular flexibility index (Phi) is 5.16. The molecule has 4 rings (SSSR count). The Labute approximate surface area is 175 Å². The van der Waals surface area contributed by atoms with E-state index in [0.29, 0.717) is 17.0 Å². The van der Waals surface area contributed by atoms with Gasteiger partial charge in [0.15, 0.2) is 0 Å². The zero-order valence-corrected chi connectivity index (χ0v) is 17.3. The van der Waals surface area contributed by atoms with Crippen LogP contribution in [-0.2, 0) is 4.74 Å². The Balaban J connectivity index is 1.77. The molecule has 0 saturated carbocycles. The molecule has 0 aliphatic carbocycles. The molecule has 1 aromatic heterocycles. The molecule has 1 aliphatic rings. The van der Waals surface area contributed by atoms with Gasteiger partial charge in [-0.1, -0.05) is 41.9 Å². The topological polar surface area (TPSA) is 57.7 Å². The van der Waals surface area contributed by atoms with Gasteiger partial charge in [0, 0.05) is 17.1 Å². The Bertz CT molecular complexity index is 1070. The van der Waals surface area contributed by atoms with Gasteiger partial charge >= 0.3 is 5.97 Å². The number of anilines is 1. The summed E-state index contributed by atoms with van der Waals surface area (Å²) in [5.41, 5.74) is 6.14. The summed E-state index contributed by atoms with van der Waals surface area (Å²) < 4.78 is 4.94. The number of hydrazone groups is 1. The molecule has 2 aromatic carbocycles. The third kappa shape index (κ3) is 3.54. The van der Waals surface area contributed by atoms with Gasteiger partial charge in [0.05, 0.1) is 35.8 Å². The first-order valence-electron chi connectivity index (χ1n) is 9.44. The summed E-state index contributed by atoms with van der Waals surface area (Å²) in [7, 11) is 1.40. The number of nitrogens with zero attached hydrogens (tertiary/aromatic N) is 2. The van der Waals surface area contributed by atoms with Gasteiger partial charge in [-0.2, -0.15) is 5.10 Å². The van der Waals surface area contributed by atoms with Gasteiger partial charge in [-0.25, -0.2) is 4.79 Å². The molecule has 6 heteroatoms. The van der Waals surface area contributed by atoms with E-state index < -0.39 is 0 Å². The summed E-state index contributed by atoms with van der Waals surface area (Å²) in [5.74, 6) is -0.338. The van der Waals surface area contributed by atoms with Crippen molar-refractivity contribution in [3.63, 3.8) is 0 Å². The number of aryl methyl sites for hydroxylation is 1. The third-order valence-corrected chi connectivity index (χ3v) is 5.55. The number of para-hydroxylation sites is 1. The van der Waals surface area contributed by atoms with E-state index in [-0.39, 0.29) is 12.0 Å². The lowest BCUT2D eigenvalue weighted by molar-refractivity contribution is 0.0599. The van der Waals surface area contributed by atoms with E-state index in [1.54, 1.807) is 0 Å². The lowest BCUT2D eigenvalue weighted by Crippen LogP contribution is -2.18. The van der Waals surface area contributed by atoms with Crippen molar-refractivity contribution < 1.29 is 9.53 Å². The van der Waals surface area contributed by atoms with E-state index in [2.05, 4.69) is 4.98 Å². The summed E-state index contributed by atoms with van der Waals surface area (Å²) in [6.45, 7) is 3.81. The lowest BCUT2D eigenvalue weighted by Gasteiger charge is -2.24. The summed E-state index contributed by atoms with van der Waals surface area (Å²) in [4.78, 5) is 15.5. The van der Waals surface area contributed by atoms with Crippen molar-refractivity contribution in [1.82, 2.24) is 4.98 Å². The van der Waals surface area contributed by atoms with Gasteiger partial charge in [-0.3, -0.25) is 5.01 Å². The number of esters is 1. The van der Waals surface area contributed by atoms with Crippen LogP contribution in [0.5, 0.6) is 0 Å². The molecule has 1 N–H and O–H groups in total. The number of methoxy groups -OCH3 is 1. The van der Waals surface area contributed by atoms with Crippen molar-refractivity contribution in [2.75, 3.05) is 12.1 Å². The first-order chi connectivity index (χ1) is 14.0. The molecule has 2 heterocycles. The van der Waals surface area contributed by atoms with Crippen LogP contribution < -0.4 is 5.01 Å². The quantitative estimate of drug-likeness (QED) is 0.587. The highest BCUT2D eigenvalue weighted by Gasteiger charge is 2.32. The second-order valence-corrected chi connectivity index (χ2v) is 7.55. The van der Waals surface area contributed by atoms with Crippen LogP contribution in [0.4, 0.5) is 5.69 Å². The molecule has 5 nitrogen and oxygen atoms in total. The summed E-state index contributed by atoms with van der Waals surface area (Å²) in [6, 6.07) is 18.0. The monoisotopic (exact) mass is 407 g/mol. The van der Waals surface area contributed by atoms with Crippen LogP contribution in [0.1, 0.15) is 45.3 Å². The van der Waals surface area contributed by atoms with E-state index in [1.165, 1.54) is 7.11 Å². The minimum Gasteiger partial charge on any atom is -0.465 e. The molecule has 0 saturated heterocycles. The summed E-state index contributed by atoms with van der Waals surface area (Å²) in [6.07, 6.45) is 0.706. The molecule has 29 heavy (non-hydrogen) atoms. The van der Waals surface area contributed by atoms with Crippen molar-refractivity contribution in [3.8, 4) is 0 Å². The van der Waals surface area contributed by atoms with Gasteiger partial charge in [-0.15, -0.1) is 0 Å². The molecule has 3 aromatic rings. The maximum absolute atomic E-state index is 12.2. The standard InChI is InChI=1S/C23H22ClN3O2/c1-14-21(23(28)29-3)15(2)25-22(14)19-13-20(16-9-11-17(24)12-10-16)27(26-19)18-7-5-4-6-8-18/h4-12,20,25H,13H2,1-3H3/t20-/m1/s1. The number of H-pyrrole nitrogens is 1. The third-order valence-electron chi connectivity index (χ3n) is 5.30. The molecule has 0 spiro atoms. The average Bonchev–Trinajstić information content (AvgIpc) is 3.30. The van der Waals surface area contributed by atoms with E-state index in [4.69, 9.17) is 21.4 Å². The lowest BCUT2D eigenvalue weighted by atomic mass is 9.98. The second-order valence-electron chi connectivity index (χ2n) is 7.11. The van der Waals surface area contributed by atoms with Crippen molar-refractivity contribution in [2.24, 2.45) is 5.10 Å². The molecule has 0 unspecified atom stereocenters. The van der Waals surface area contributed by atoms with Gasteiger partial charge in [0.1, 0.15) is 0 Å². The van der Waals surface area contributed by atoms with E-state index in [0.717, 1.165) is 33.9 Å². The number of ether oxygens (including phenoxy) is 1. The number of carbonyl (C=O) groups excluding carboxylic acids is 1. The largest absolute Gasteiger partial charge is 0.465 e. The van der Waals surface area contributed by atoms with Crippen molar-refractivity contribution in [1.29, 1.82) is 0 Å². The number of hydrogen-bond donors (Lipinski definition) is 1. The number of halogens is 1. The van der Waals surface area contributed by atoms with Crippen molar-refractivity contribution in [3.05, 3.63) is 87.7 Å². The SMILES string of the molecule is COC(=O)c1c(C)[nH]c(C2=NN(c3ccccc3)[C@@H](c3ccc(Cl)cc3)C2)c1C. The normalized spacial score (nSPS) is 16.1. The Morgan fingerprint density at radius 2 is 1.83 bits per heavy atom. The zero-order chi connectivity index (χ0) is 20.5. The number of hydrogen-bond acceptors (Lipinski definition) is 4. The highest BCUT2D eigenvalue weighted by Crippen LogP contribution is 2.37. The maximum Gasteiger partial charge on any atom is 0.339 e. The Morgan fingerprint density at radius 3 is 2.48 bits per heavy atom. The number of carbonyl (C=O) groups is 1. The summed E-state index contributed by atoms with van der Waals surface area (Å²) in [5, 5.41) is 7.68. The molecule has 0 amide bonds. The minimum absolute atomic E-state index is 0.0363. The van der Waals surface area contributed by atoms with Crippen LogP contribution in [0.2, 0.25) is 5.02 Å². The number of aromatic amines is 1. The summed E-state index contributed by atoms with van der Waals surface area (Å²) >= 11 is 6.09. The molecule has 0 fully saturated rings. The van der Waals surface area contributed by atoms with Crippen LogP contribution >= 0.6 is 11.6 Å². The smallest absolute Gasteiger partial charge is 0.339 e. The van der Waals surface area contributed by atoms with Gasteiger partial charge in [0.25, 0.3) is 0 Å². The minimum atomic E-state index is -0.338. The first-order valence-corrected chi connectivity index (χ1v) is 9.82. The van der Waals surface area contributed by atoms with Gasteiger partial charge < -0.3 is 9.72 Å². The molecule has 1 aliphatic heterocycles. The van der Waals surface area contributed by atoms with Crippen LogP contribution in [0, 0.1) is 13.8 Å². The molecule has 148 valence electrons. The molecule has 0 bridgehead atoms. The number of nitrogens with one attached hydrogen (secondary N) is 1. The van der Waals surface area contributed by atoms with Crippen LogP contribution in [-0.4, -0.2) is 23.8 Å². The molecule has 1 atom stereocenters. The average molecular weight is 408 g/mol. The fourth-order valence-corrected chi connectivity index (χ4v) is 4.00. The number of aromatic nitrogens is 1. The molecular weight excluding hydrogens is 386 g/mol.